The van der Waals surface area contributed by atoms with E-state index in [1.165, 1.54) is 0 Å². The van der Waals surface area contributed by atoms with Crippen LogP contribution in [-0.2, 0) is 0 Å². The summed E-state index contributed by atoms with van der Waals surface area (Å²) in [5.74, 6) is 0. The minimum atomic E-state index is 0.0185. The molecule has 0 aromatic carbocycles. The van der Waals surface area contributed by atoms with Crippen LogP contribution in [-0.4, -0.2) is 4.71 Å². The van der Waals surface area contributed by atoms with Crippen molar-refractivity contribution in [2.45, 2.75) is 4.71 Å². The minimum absolute atomic E-state index is 0.0185. The van der Waals surface area contributed by atoms with Crippen LogP contribution in [0, 0.1) is 0 Å². The Hall–Kier alpha value is 0.0400. The van der Waals surface area contributed by atoms with Gasteiger partial charge in [0.25, 0.3) is 0 Å². The van der Waals surface area contributed by atoms with Gasteiger partial charge in [0.2, 0.25) is 0 Å². The first-order chi connectivity index (χ1) is 3.39. The molecule has 38 valence electrons. The molecule has 0 saturated heterocycles. The van der Waals surface area contributed by atoms with Crippen LogP contribution in [0.25, 0.3) is 0 Å². The quantitative estimate of drug-likeness (QED) is 0.500. The highest BCUT2D eigenvalue weighted by Gasteiger charge is 1.97. The lowest BCUT2D eigenvalue weighted by Gasteiger charge is -1.99. The highest BCUT2D eigenvalue weighted by atomic mass is 32.2. The molecule has 0 amide bonds. The molecule has 1 aliphatic heterocycles. The van der Waals surface area contributed by atoms with Crippen LogP contribution in [0.5, 0.6) is 0 Å². The average Bonchev–Trinajstić information content (AvgIpc) is 1.69. The van der Waals surface area contributed by atoms with Gasteiger partial charge in [0, 0.05) is 0 Å². The summed E-state index contributed by atoms with van der Waals surface area (Å²) in [6.45, 7) is 0. The van der Waals surface area contributed by atoms with Crippen LogP contribution in [0.15, 0.2) is 21.8 Å². The lowest BCUT2D eigenvalue weighted by Crippen LogP contribution is -1.82. The van der Waals surface area contributed by atoms with Crippen LogP contribution in [0.4, 0.5) is 0 Å². The van der Waals surface area contributed by atoms with Crippen LogP contribution in [0.2, 0.25) is 0 Å². The van der Waals surface area contributed by atoms with Gasteiger partial charge in [-0.3, -0.25) is 0 Å². The summed E-state index contributed by atoms with van der Waals surface area (Å²) in [6, 6.07) is 0. The molecule has 0 fully saturated rings. The van der Waals surface area contributed by atoms with E-state index in [9.17, 15) is 0 Å². The zero-order valence-corrected chi connectivity index (χ0v) is 5.19. The van der Waals surface area contributed by atoms with Crippen molar-refractivity contribution >= 4 is 24.4 Å². The van der Waals surface area contributed by atoms with E-state index in [0.717, 1.165) is 0 Å². The number of thiol groups is 1. The lowest BCUT2D eigenvalue weighted by molar-refractivity contribution is 1.09. The molecule has 0 bridgehead atoms. The summed E-state index contributed by atoms with van der Waals surface area (Å²) in [6.07, 6.45) is 1.65. The smallest absolute Gasteiger partial charge is 0.163 e. The molecule has 0 spiro atoms. The third-order valence-electron chi connectivity index (χ3n) is 0.493. The first kappa shape index (κ1) is 5.18. The zero-order chi connectivity index (χ0) is 5.11. The van der Waals surface area contributed by atoms with E-state index >= 15 is 0 Å². The monoisotopic (exact) mass is 132 g/mol. The van der Waals surface area contributed by atoms with Crippen molar-refractivity contribution in [3.63, 3.8) is 0 Å². The van der Waals surface area contributed by atoms with Crippen LogP contribution in [0.1, 0.15) is 0 Å². The van der Waals surface area contributed by atoms with Gasteiger partial charge in [-0.25, -0.2) is 0 Å². The van der Waals surface area contributed by atoms with Crippen LogP contribution < -0.4 is 0 Å². The van der Waals surface area contributed by atoms with E-state index in [1.54, 1.807) is 18.0 Å². The Morgan fingerprint density at radius 3 is 2.86 bits per heavy atom. The predicted octanol–water partition coefficient (Wildman–Crippen LogP) is 1.87. The van der Waals surface area contributed by atoms with Crippen LogP contribution >= 0.6 is 24.4 Å². The molecule has 0 aliphatic carbocycles. The van der Waals surface area contributed by atoms with Gasteiger partial charge in [-0.2, -0.15) is 10.2 Å². The van der Waals surface area contributed by atoms with E-state index < -0.39 is 0 Å². The Morgan fingerprint density at radius 1 is 1.71 bits per heavy atom. The predicted molar refractivity (Wildman–Crippen MR) is 34.4 cm³/mol. The Balaban J connectivity index is 2.49. The molecule has 1 rings (SSSR count). The summed E-state index contributed by atoms with van der Waals surface area (Å²) >= 11 is 5.55. The summed E-state index contributed by atoms with van der Waals surface area (Å²) in [7, 11) is 0. The zero-order valence-electron chi connectivity index (χ0n) is 3.48. The Morgan fingerprint density at radius 2 is 2.57 bits per heavy atom. The number of hydrogen-bond donors (Lipinski definition) is 1. The molecule has 4 heteroatoms. The molecule has 0 aromatic rings. The van der Waals surface area contributed by atoms with Gasteiger partial charge in [-0.15, -0.1) is 12.6 Å². The fourth-order valence-corrected chi connectivity index (χ4v) is 0.900. The number of hydrogen-bond acceptors (Lipinski definition) is 4. The van der Waals surface area contributed by atoms with Gasteiger partial charge >= 0.3 is 0 Å². The third-order valence-corrected chi connectivity index (χ3v) is 1.58. The first-order valence-corrected chi connectivity index (χ1v) is 3.24. The normalized spacial score (nSPS) is 28.4. The molecule has 2 nitrogen and oxygen atoms in total. The number of azo groups is 1. The fraction of sp³-hybridized carbons (Fsp3) is 0.333. The molecule has 1 atom stereocenters. The third kappa shape index (κ3) is 1.53. The Kier molecular flexibility index (Phi) is 1.76. The van der Waals surface area contributed by atoms with Crippen LogP contribution in [0.3, 0.4) is 0 Å². The minimum Gasteiger partial charge on any atom is -0.164 e. The van der Waals surface area contributed by atoms with Gasteiger partial charge in [0.05, 0.1) is 6.20 Å². The van der Waals surface area contributed by atoms with Gasteiger partial charge in [0.1, 0.15) is 0 Å². The number of nitrogens with zero attached hydrogens (tertiary/aromatic N) is 2. The van der Waals surface area contributed by atoms with E-state index in [-0.39, 0.29) is 4.71 Å². The van der Waals surface area contributed by atoms with E-state index in [1.807, 2.05) is 5.41 Å². The second kappa shape index (κ2) is 2.37. The highest BCUT2D eigenvalue weighted by molar-refractivity contribution is 8.12. The topological polar surface area (TPSA) is 24.7 Å². The summed E-state index contributed by atoms with van der Waals surface area (Å²) in [5.41, 5.74) is 0. The molecular weight excluding hydrogens is 128 g/mol. The second-order valence-corrected chi connectivity index (χ2v) is 2.81. The van der Waals surface area contributed by atoms with E-state index in [4.69, 9.17) is 0 Å². The van der Waals surface area contributed by atoms with E-state index in [2.05, 4.69) is 22.9 Å². The second-order valence-electron chi connectivity index (χ2n) is 0.978. The van der Waals surface area contributed by atoms with Gasteiger partial charge < -0.3 is 0 Å². The number of thioether (sulfide) groups is 1. The molecule has 0 aromatic heterocycles. The Bertz CT molecular complexity index is 110. The molecular formula is C3H4N2S2. The maximum atomic E-state index is 4.01. The number of rotatable bonds is 0. The summed E-state index contributed by atoms with van der Waals surface area (Å²) in [4.78, 5) is 0. The SMILES string of the molecule is SC1N=NC=CS1. The van der Waals surface area contributed by atoms with Crippen molar-refractivity contribution < 1.29 is 0 Å². The highest BCUT2D eigenvalue weighted by Crippen LogP contribution is 2.20. The van der Waals surface area contributed by atoms with Gasteiger partial charge in [-0.1, -0.05) is 11.8 Å². The van der Waals surface area contributed by atoms with Crippen molar-refractivity contribution in [1.29, 1.82) is 0 Å². The van der Waals surface area contributed by atoms with Crippen molar-refractivity contribution in [2.75, 3.05) is 0 Å². The molecule has 1 aliphatic rings. The van der Waals surface area contributed by atoms with Crippen molar-refractivity contribution in [3.8, 4) is 0 Å². The van der Waals surface area contributed by atoms with E-state index in [0.29, 0.717) is 0 Å². The summed E-state index contributed by atoms with van der Waals surface area (Å²) < 4.78 is 0.0185. The maximum Gasteiger partial charge on any atom is 0.163 e. The van der Waals surface area contributed by atoms with Gasteiger partial charge in [-0.05, 0) is 5.41 Å². The summed E-state index contributed by atoms with van der Waals surface area (Å²) in [5, 5.41) is 9.17. The molecule has 0 N–H and O–H groups in total. The molecule has 0 saturated carbocycles. The molecule has 1 heterocycles. The molecule has 7 heavy (non-hydrogen) atoms. The average molecular weight is 132 g/mol. The van der Waals surface area contributed by atoms with Gasteiger partial charge in [0.15, 0.2) is 4.71 Å². The standard InChI is InChI=1S/C3H4N2S2/c6-3-5-4-1-2-7-3/h1-3,6H. The lowest BCUT2D eigenvalue weighted by atomic mass is 11.1. The molecule has 0 radical (unpaired) electrons. The van der Waals surface area contributed by atoms with Crippen molar-refractivity contribution in [1.82, 2.24) is 0 Å². The largest absolute Gasteiger partial charge is 0.164 e. The molecule has 1 unspecified atom stereocenters. The Labute approximate surface area is 51.5 Å². The fourth-order valence-electron chi connectivity index (χ4n) is 0.255. The maximum absolute atomic E-state index is 4.01. The van der Waals surface area contributed by atoms with Crippen molar-refractivity contribution in [2.24, 2.45) is 10.2 Å². The first-order valence-electron chi connectivity index (χ1n) is 1.78. The van der Waals surface area contributed by atoms with Crippen molar-refractivity contribution in [3.05, 3.63) is 11.6 Å².